The van der Waals surface area contributed by atoms with Crippen molar-refractivity contribution in [3.05, 3.63) is 47.6 Å². The number of carbonyl (C=O) groups excluding carboxylic acids is 2. The number of nitrogens with one attached hydrogen (secondary N) is 1. The SMILES string of the molecule is [CH2-]N(CC[NH-])C(=O)OC(C)(C)C.[CH2-]Oc1c(Br)ccc2c1COC2=O.[Rb+]. The van der Waals surface area contributed by atoms with Crippen LogP contribution in [0.5, 0.6) is 5.75 Å². The summed E-state index contributed by atoms with van der Waals surface area (Å²) in [6, 6.07) is 3.45. The number of hydrogen-bond acceptors (Lipinski definition) is 5. The summed E-state index contributed by atoms with van der Waals surface area (Å²) in [6.07, 6.45) is -0.477. The van der Waals surface area contributed by atoms with Crippen molar-refractivity contribution in [2.24, 2.45) is 0 Å². The zero-order valence-electron chi connectivity index (χ0n) is 15.6. The van der Waals surface area contributed by atoms with Gasteiger partial charge >= 0.3 is 70.3 Å². The zero-order valence-corrected chi connectivity index (χ0v) is 22.1. The molecular formula is C17H22BrN2O5Rb-2. The van der Waals surface area contributed by atoms with Crippen molar-refractivity contribution in [1.29, 1.82) is 0 Å². The number of cyclic esters (lactones) is 1. The van der Waals surface area contributed by atoms with Crippen LogP contribution in [0.25, 0.3) is 5.73 Å². The van der Waals surface area contributed by atoms with Gasteiger partial charge in [0.25, 0.3) is 0 Å². The van der Waals surface area contributed by atoms with Crippen molar-refractivity contribution in [2.45, 2.75) is 33.0 Å². The fraction of sp³-hybridized carbons (Fsp3) is 0.412. The van der Waals surface area contributed by atoms with Gasteiger partial charge in [0.15, 0.2) is 0 Å². The summed E-state index contributed by atoms with van der Waals surface area (Å²) < 4.78 is 15.5. The topological polar surface area (TPSA) is 88.9 Å². The summed E-state index contributed by atoms with van der Waals surface area (Å²) in [7, 11) is 6.77. The molecule has 7 nitrogen and oxygen atoms in total. The summed E-state index contributed by atoms with van der Waals surface area (Å²) in [6.45, 7) is 6.08. The smallest absolute Gasteiger partial charge is 0.676 e. The largest absolute Gasteiger partial charge is 1.00 e. The molecule has 0 saturated heterocycles. The van der Waals surface area contributed by atoms with Crippen molar-refractivity contribution in [3.63, 3.8) is 0 Å². The van der Waals surface area contributed by atoms with Crippen molar-refractivity contribution in [3.8, 4) is 5.75 Å². The van der Waals surface area contributed by atoms with Crippen molar-refractivity contribution >= 4 is 28.0 Å². The van der Waals surface area contributed by atoms with Gasteiger partial charge in [0.2, 0.25) is 0 Å². The van der Waals surface area contributed by atoms with Gasteiger partial charge in [0.05, 0.1) is 10.0 Å². The van der Waals surface area contributed by atoms with Crippen LogP contribution in [-0.2, 0) is 16.1 Å². The van der Waals surface area contributed by atoms with Gasteiger partial charge in [-0.3, -0.25) is 0 Å². The second-order valence-corrected chi connectivity index (χ2v) is 6.97. The minimum Gasteiger partial charge on any atom is -0.676 e. The monoisotopic (exact) mass is 498 g/mol. The average Bonchev–Trinajstić information content (AvgIpc) is 2.88. The van der Waals surface area contributed by atoms with E-state index in [-0.39, 0.29) is 77.3 Å². The van der Waals surface area contributed by atoms with Crippen LogP contribution < -0.4 is 62.9 Å². The molecule has 1 N–H and O–H groups in total. The molecule has 0 atom stereocenters. The number of esters is 1. The number of rotatable bonds is 3. The standard InChI is InChI=1S/C9H6BrO3.C8H16N2O2.Rb/c1-12-8-6-4-13-9(11)5(6)2-3-7(8)10;1-8(2,3)12-7(11)10(4)6-5-9;/h2-3H,1,4H2;9H,4-6H2,1-3H3;/q-1;-2;+1. The first-order chi connectivity index (χ1) is 11.6. The molecule has 0 spiro atoms. The summed E-state index contributed by atoms with van der Waals surface area (Å²) in [5.41, 5.74) is 7.69. The van der Waals surface area contributed by atoms with E-state index in [0.29, 0.717) is 17.9 Å². The molecule has 1 amide bonds. The molecule has 1 heterocycles. The molecule has 0 fully saturated rings. The minimum atomic E-state index is -0.491. The fourth-order valence-corrected chi connectivity index (χ4v) is 2.34. The number of amides is 1. The third-order valence-electron chi connectivity index (χ3n) is 2.96. The molecule has 140 valence electrons. The molecule has 2 rings (SSSR count). The summed E-state index contributed by atoms with van der Waals surface area (Å²) in [5.74, 6) is 0.268. The van der Waals surface area contributed by atoms with E-state index >= 15 is 0 Å². The summed E-state index contributed by atoms with van der Waals surface area (Å²) in [5, 5.41) is 0. The minimum absolute atomic E-state index is 0. The van der Waals surface area contributed by atoms with Gasteiger partial charge in [-0.2, -0.15) is 7.11 Å². The Morgan fingerprint density at radius 2 is 2.04 bits per heavy atom. The molecular weight excluding hydrogens is 478 g/mol. The molecule has 26 heavy (non-hydrogen) atoms. The molecule has 0 bridgehead atoms. The second-order valence-electron chi connectivity index (χ2n) is 6.12. The number of fused-ring (bicyclic) bond motifs is 1. The number of hydrogen-bond donors (Lipinski definition) is 0. The van der Waals surface area contributed by atoms with E-state index in [4.69, 9.17) is 19.9 Å². The predicted molar refractivity (Wildman–Crippen MR) is 96.7 cm³/mol. The molecule has 0 aromatic heterocycles. The van der Waals surface area contributed by atoms with Gasteiger partial charge in [-0.1, -0.05) is 0 Å². The maximum atomic E-state index is 11.1. The fourth-order valence-electron chi connectivity index (χ4n) is 1.86. The quantitative estimate of drug-likeness (QED) is 0.463. The van der Waals surface area contributed by atoms with E-state index in [0.717, 1.165) is 14.9 Å². The van der Waals surface area contributed by atoms with Gasteiger partial charge in [0.1, 0.15) is 18.0 Å². The first-order valence-electron chi connectivity index (χ1n) is 7.46. The van der Waals surface area contributed by atoms with E-state index in [1.54, 1.807) is 32.9 Å². The normalized spacial score (nSPS) is 12.0. The number of halogens is 1. The van der Waals surface area contributed by atoms with Crippen LogP contribution in [0.15, 0.2) is 16.6 Å². The molecule has 0 radical (unpaired) electrons. The number of ether oxygens (including phenoxy) is 3. The van der Waals surface area contributed by atoms with Crippen LogP contribution >= 0.6 is 15.9 Å². The van der Waals surface area contributed by atoms with E-state index in [1.807, 2.05) is 0 Å². The first kappa shape index (κ1) is 26.0. The maximum absolute atomic E-state index is 11.1. The molecule has 0 unspecified atom stereocenters. The van der Waals surface area contributed by atoms with E-state index in [1.165, 1.54) is 0 Å². The van der Waals surface area contributed by atoms with Crippen molar-refractivity contribution < 1.29 is 82.0 Å². The Hall–Kier alpha value is 0.00519. The van der Waals surface area contributed by atoms with Crippen LogP contribution in [0.4, 0.5) is 4.79 Å². The third kappa shape index (κ3) is 7.94. The van der Waals surface area contributed by atoms with Crippen LogP contribution in [0.2, 0.25) is 0 Å². The Bertz CT molecular complexity index is 634. The van der Waals surface area contributed by atoms with E-state index < -0.39 is 11.7 Å². The van der Waals surface area contributed by atoms with Crippen LogP contribution in [0, 0.1) is 14.2 Å². The molecule has 1 aromatic rings. The Kier molecular flexibility index (Phi) is 11.8. The Morgan fingerprint density at radius 1 is 1.42 bits per heavy atom. The van der Waals surface area contributed by atoms with Gasteiger partial charge in [-0.05, 0) is 55.4 Å². The zero-order chi connectivity index (χ0) is 19.2. The van der Waals surface area contributed by atoms with Crippen LogP contribution in [0.3, 0.4) is 0 Å². The Morgan fingerprint density at radius 3 is 2.54 bits per heavy atom. The van der Waals surface area contributed by atoms with Gasteiger partial charge < -0.3 is 24.8 Å². The molecule has 1 aliphatic heterocycles. The predicted octanol–water partition coefficient (Wildman–Crippen LogP) is 1.36. The summed E-state index contributed by atoms with van der Waals surface area (Å²) >= 11 is 3.30. The molecule has 0 aliphatic carbocycles. The Balaban J connectivity index is 0.000000466. The van der Waals surface area contributed by atoms with Gasteiger partial charge in [-0.25, -0.2) is 16.6 Å². The van der Waals surface area contributed by atoms with Crippen LogP contribution in [0.1, 0.15) is 36.7 Å². The van der Waals surface area contributed by atoms with Crippen LogP contribution in [-0.4, -0.2) is 35.7 Å². The number of benzene rings is 1. The second kappa shape index (κ2) is 11.8. The van der Waals surface area contributed by atoms with Gasteiger partial charge in [0, 0.05) is 5.56 Å². The van der Waals surface area contributed by atoms with E-state index in [2.05, 4.69) is 30.1 Å². The molecule has 9 heteroatoms. The summed E-state index contributed by atoms with van der Waals surface area (Å²) in [4.78, 5) is 23.4. The third-order valence-corrected chi connectivity index (χ3v) is 3.58. The maximum Gasteiger partial charge on any atom is 1.00 e. The van der Waals surface area contributed by atoms with Crippen molar-refractivity contribution in [1.82, 2.24) is 4.90 Å². The number of carbonyl (C=O) groups is 2. The molecule has 0 saturated carbocycles. The first-order valence-corrected chi connectivity index (χ1v) is 8.26. The average molecular weight is 500 g/mol. The Labute approximate surface area is 211 Å². The van der Waals surface area contributed by atoms with Crippen molar-refractivity contribution in [2.75, 3.05) is 13.1 Å². The number of nitrogens with zero attached hydrogens (tertiary/aromatic N) is 1. The molecule has 1 aliphatic rings. The van der Waals surface area contributed by atoms with Gasteiger partial charge in [-0.15, -0.1) is 6.54 Å². The van der Waals surface area contributed by atoms with E-state index in [9.17, 15) is 9.59 Å². The molecule has 1 aromatic carbocycles.